The molecule has 0 amide bonds. The zero-order valence-corrected chi connectivity index (χ0v) is 7.56. The van der Waals surface area contributed by atoms with Gasteiger partial charge in [0.1, 0.15) is 6.07 Å². The highest BCUT2D eigenvalue weighted by molar-refractivity contribution is 5.52. The Morgan fingerprint density at radius 3 is 2.93 bits per heavy atom. The van der Waals surface area contributed by atoms with Crippen molar-refractivity contribution in [1.82, 2.24) is 0 Å². The highest BCUT2D eigenvalue weighted by Crippen LogP contribution is 2.29. The third kappa shape index (κ3) is 1.98. The van der Waals surface area contributed by atoms with Crippen molar-refractivity contribution in [2.24, 2.45) is 0 Å². The van der Waals surface area contributed by atoms with Crippen LogP contribution in [0, 0.1) is 28.4 Å². The van der Waals surface area contributed by atoms with Crippen LogP contribution in [0.4, 0.5) is 5.69 Å². The number of aryl methyl sites for hydroxylation is 1. The number of nitrogens with zero attached hydrogens (tertiary/aromatic N) is 2. The van der Waals surface area contributed by atoms with Gasteiger partial charge in [-0.3, -0.25) is 10.1 Å². The third-order valence-corrected chi connectivity index (χ3v) is 1.68. The quantitative estimate of drug-likeness (QED) is 0.540. The Bertz CT molecular complexity index is 396. The predicted molar refractivity (Wildman–Crippen MR) is 48.9 cm³/mol. The van der Waals surface area contributed by atoms with E-state index in [1.54, 1.807) is 25.1 Å². The Kier molecular flexibility index (Phi) is 3.02. The molecule has 5 nitrogen and oxygen atoms in total. The van der Waals surface area contributed by atoms with Gasteiger partial charge in [0.25, 0.3) is 0 Å². The van der Waals surface area contributed by atoms with Crippen molar-refractivity contribution >= 4 is 5.69 Å². The molecule has 0 saturated heterocycles. The SMILES string of the molecule is Cc1cccc(OCC#N)c1[N+](=O)[O-]. The molecule has 0 unspecified atom stereocenters. The maximum atomic E-state index is 10.6. The molecule has 0 N–H and O–H groups in total. The molecule has 0 aliphatic heterocycles. The van der Waals surface area contributed by atoms with Gasteiger partial charge in [-0.2, -0.15) is 5.26 Å². The van der Waals surface area contributed by atoms with E-state index < -0.39 is 4.92 Å². The van der Waals surface area contributed by atoms with Crippen molar-refractivity contribution in [3.63, 3.8) is 0 Å². The fourth-order valence-corrected chi connectivity index (χ4v) is 1.09. The lowest BCUT2D eigenvalue weighted by molar-refractivity contribution is -0.386. The molecule has 14 heavy (non-hydrogen) atoms. The van der Waals surface area contributed by atoms with Crippen LogP contribution in [0.2, 0.25) is 0 Å². The number of hydrogen-bond donors (Lipinski definition) is 0. The lowest BCUT2D eigenvalue weighted by Crippen LogP contribution is -1.99. The maximum Gasteiger partial charge on any atom is 0.313 e. The van der Waals surface area contributed by atoms with E-state index in [1.165, 1.54) is 6.07 Å². The van der Waals surface area contributed by atoms with Crippen molar-refractivity contribution in [2.45, 2.75) is 6.92 Å². The Hall–Kier alpha value is -2.09. The Morgan fingerprint density at radius 2 is 2.36 bits per heavy atom. The molecule has 5 heteroatoms. The number of nitro groups is 1. The fourth-order valence-electron chi connectivity index (χ4n) is 1.09. The van der Waals surface area contributed by atoms with Gasteiger partial charge < -0.3 is 4.74 Å². The normalized spacial score (nSPS) is 9.14. The minimum Gasteiger partial charge on any atom is -0.472 e. The van der Waals surface area contributed by atoms with E-state index in [4.69, 9.17) is 10.00 Å². The largest absolute Gasteiger partial charge is 0.472 e. The van der Waals surface area contributed by atoms with Crippen molar-refractivity contribution in [3.05, 3.63) is 33.9 Å². The van der Waals surface area contributed by atoms with Crippen LogP contribution in [0.5, 0.6) is 5.75 Å². The van der Waals surface area contributed by atoms with Crippen molar-refractivity contribution < 1.29 is 9.66 Å². The van der Waals surface area contributed by atoms with Crippen LogP contribution >= 0.6 is 0 Å². The average molecular weight is 192 g/mol. The van der Waals surface area contributed by atoms with Crippen LogP contribution in [0.15, 0.2) is 18.2 Å². The molecule has 1 aromatic rings. The van der Waals surface area contributed by atoms with Crippen LogP contribution in [0.3, 0.4) is 0 Å². The third-order valence-electron chi connectivity index (χ3n) is 1.68. The summed E-state index contributed by atoms with van der Waals surface area (Å²) in [6.45, 7) is 1.43. The molecular weight excluding hydrogens is 184 g/mol. The van der Waals surface area contributed by atoms with E-state index in [2.05, 4.69) is 0 Å². The van der Waals surface area contributed by atoms with Gasteiger partial charge in [-0.05, 0) is 13.0 Å². The van der Waals surface area contributed by atoms with E-state index in [1.807, 2.05) is 0 Å². The summed E-state index contributed by atoms with van der Waals surface area (Å²) in [6.07, 6.45) is 0. The first-order valence-electron chi connectivity index (χ1n) is 3.90. The zero-order valence-electron chi connectivity index (χ0n) is 7.56. The molecule has 0 bridgehead atoms. The fraction of sp³-hybridized carbons (Fsp3) is 0.222. The van der Waals surface area contributed by atoms with Gasteiger partial charge in [0.2, 0.25) is 0 Å². The molecule has 0 spiro atoms. The van der Waals surface area contributed by atoms with Gasteiger partial charge in [-0.15, -0.1) is 0 Å². The van der Waals surface area contributed by atoms with Crippen molar-refractivity contribution in [1.29, 1.82) is 5.26 Å². The second-order valence-electron chi connectivity index (χ2n) is 2.63. The Morgan fingerprint density at radius 1 is 1.64 bits per heavy atom. The average Bonchev–Trinajstić information content (AvgIpc) is 2.14. The predicted octanol–water partition coefficient (Wildman–Crippen LogP) is 1.81. The summed E-state index contributed by atoms with van der Waals surface area (Å²) in [7, 11) is 0. The number of para-hydroxylation sites is 1. The molecule has 0 aliphatic rings. The molecule has 0 radical (unpaired) electrons. The number of hydrogen-bond acceptors (Lipinski definition) is 4. The number of nitro benzene ring substituents is 1. The summed E-state index contributed by atoms with van der Waals surface area (Å²) in [5.41, 5.74) is 0.438. The summed E-state index contributed by atoms with van der Waals surface area (Å²) in [6, 6.07) is 6.50. The molecule has 72 valence electrons. The van der Waals surface area contributed by atoms with E-state index >= 15 is 0 Å². The van der Waals surface area contributed by atoms with Crippen molar-refractivity contribution in [2.75, 3.05) is 6.61 Å². The number of rotatable bonds is 3. The van der Waals surface area contributed by atoms with Gasteiger partial charge in [0.15, 0.2) is 12.4 Å². The van der Waals surface area contributed by atoms with Crippen LogP contribution in [-0.4, -0.2) is 11.5 Å². The molecule has 0 saturated carbocycles. The van der Waals surface area contributed by atoms with Crippen molar-refractivity contribution in [3.8, 4) is 11.8 Å². The molecule has 1 aromatic carbocycles. The van der Waals surface area contributed by atoms with Gasteiger partial charge in [-0.25, -0.2) is 0 Å². The monoisotopic (exact) mass is 192 g/mol. The van der Waals surface area contributed by atoms with Crippen LogP contribution in [0.1, 0.15) is 5.56 Å². The van der Waals surface area contributed by atoms with E-state index in [0.717, 1.165) is 0 Å². The van der Waals surface area contributed by atoms with E-state index in [9.17, 15) is 10.1 Å². The summed E-state index contributed by atoms with van der Waals surface area (Å²) in [4.78, 5) is 10.1. The minimum atomic E-state index is -0.512. The topological polar surface area (TPSA) is 76.2 Å². The van der Waals surface area contributed by atoms with Crippen LogP contribution < -0.4 is 4.74 Å². The standard InChI is InChI=1S/C9H8N2O3/c1-7-3-2-4-8(14-6-5-10)9(7)11(12)13/h2-4H,6H2,1H3. The second-order valence-corrected chi connectivity index (χ2v) is 2.63. The van der Waals surface area contributed by atoms with Crippen LogP contribution in [-0.2, 0) is 0 Å². The lowest BCUT2D eigenvalue weighted by atomic mass is 10.2. The maximum absolute atomic E-state index is 10.6. The smallest absolute Gasteiger partial charge is 0.313 e. The Labute approximate surface area is 80.7 Å². The highest BCUT2D eigenvalue weighted by atomic mass is 16.6. The second kappa shape index (κ2) is 4.23. The highest BCUT2D eigenvalue weighted by Gasteiger charge is 2.17. The number of benzene rings is 1. The first kappa shape index (κ1) is 9.99. The molecule has 0 heterocycles. The van der Waals surface area contributed by atoms with Gasteiger partial charge >= 0.3 is 5.69 Å². The number of ether oxygens (including phenoxy) is 1. The molecular formula is C9H8N2O3. The molecule has 1 rings (SSSR count). The van der Waals surface area contributed by atoms with Gasteiger partial charge in [0, 0.05) is 5.56 Å². The van der Waals surface area contributed by atoms with E-state index in [0.29, 0.717) is 5.56 Å². The van der Waals surface area contributed by atoms with Crippen LogP contribution in [0.25, 0.3) is 0 Å². The molecule has 0 fully saturated rings. The van der Waals surface area contributed by atoms with Gasteiger partial charge in [-0.1, -0.05) is 12.1 Å². The molecule has 0 aliphatic carbocycles. The summed E-state index contributed by atoms with van der Waals surface area (Å²) >= 11 is 0. The number of nitriles is 1. The molecule has 0 aromatic heterocycles. The molecule has 0 atom stereocenters. The zero-order chi connectivity index (χ0) is 10.6. The lowest BCUT2D eigenvalue weighted by Gasteiger charge is -2.03. The summed E-state index contributed by atoms with van der Waals surface area (Å²) in [5, 5.41) is 18.9. The minimum absolute atomic E-state index is 0.0808. The van der Waals surface area contributed by atoms with E-state index in [-0.39, 0.29) is 18.0 Å². The first-order chi connectivity index (χ1) is 6.66. The van der Waals surface area contributed by atoms with Gasteiger partial charge in [0.05, 0.1) is 4.92 Å². The first-order valence-corrected chi connectivity index (χ1v) is 3.90. The summed E-state index contributed by atoms with van der Waals surface area (Å²) in [5.74, 6) is 0.136. The Balaban J connectivity index is 3.09. The summed E-state index contributed by atoms with van der Waals surface area (Å²) < 4.78 is 4.93.